The Balaban J connectivity index is 2.13. The average molecular weight is 291 g/mol. The first-order valence-electron chi connectivity index (χ1n) is 7.78. The smallest absolute Gasteiger partial charge is 0.254 e. The Labute approximate surface area is 126 Å². The molecule has 0 saturated carbocycles. The van der Waals surface area contributed by atoms with E-state index in [0.717, 1.165) is 25.2 Å². The SMILES string of the molecule is CCCNc1cc(C(=O)N2CC(C)OCC2CC)ccn1. The maximum Gasteiger partial charge on any atom is 0.254 e. The van der Waals surface area contributed by atoms with Crippen molar-refractivity contribution in [2.45, 2.75) is 45.8 Å². The number of hydrogen-bond donors (Lipinski definition) is 1. The van der Waals surface area contributed by atoms with Gasteiger partial charge in [0.05, 0.1) is 18.8 Å². The molecule has 1 saturated heterocycles. The van der Waals surface area contributed by atoms with E-state index in [9.17, 15) is 4.79 Å². The monoisotopic (exact) mass is 291 g/mol. The Morgan fingerprint density at radius 1 is 1.52 bits per heavy atom. The number of morpholine rings is 1. The molecular weight excluding hydrogens is 266 g/mol. The molecule has 5 heteroatoms. The minimum absolute atomic E-state index is 0.0685. The van der Waals surface area contributed by atoms with E-state index in [1.54, 1.807) is 12.3 Å². The fourth-order valence-electron chi connectivity index (χ4n) is 2.51. The van der Waals surface area contributed by atoms with Gasteiger partial charge in [-0.1, -0.05) is 13.8 Å². The normalized spacial score (nSPS) is 22.1. The lowest BCUT2D eigenvalue weighted by Gasteiger charge is -2.38. The van der Waals surface area contributed by atoms with Crippen molar-refractivity contribution in [3.05, 3.63) is 23.9 Å². The van der Waals surface area contributed by atoms with Crippen molar-refractivity contribution in [2.75, 3.05) is 25.0 Å². The average Bonchev–Trinajstić information content (AvgIpc) is 2.52. The number of carbonyl (C=O) groups excluding carboxylic acids is 1. The van der Waals surface area contributed by atoms with E-state index in [1.165, 1.54) is 0 Å². The minimum Gasteiger partial charge on any atom is -0.375 e. The summed E-state index contributed by atoms with van der Waals surface area (Å²) in [4.78, 5) is 18.9. The summed E-state index contributed by atoms with van der Waals surface area (Å²) in [6.07, 6.45) is 3.72. The van der Waals surface area contributed by atoms with E-state index in [1.807, 2.05) is 17.9 Å². The number of rotatable bonds is 5. The van der Waals surface area contributed by atoms with Crippen LogP contribution in [-0.2, 0) is 4.74 Å². The van der Waals surface area contributed by atoms with Crippen LogP contribution in [0.25, 0.3) is 0 Å². The number of nitrogens with zero attached hydrogens (tertiary/aromatic N) is 2. The summed E-state index contributed by atoms with van der Waals surface area (Å²) >= 11 is 0. The molecule has 5 nitrogen and oxygen atoms in total. The summed E-state index contributed by atoms with van der Waals surface area (Å²) in [6.45, 7) is 8.32. The van der Waals surface area contributed by atoms with Crippen molar-refractivity contribution in [3.8, 4) is 0 Å². The molecule has 0 aliphatic carbocycles. The van der Waals surface area contributed by atoms with E-state index in [-0.39, 0.29) is 18.1 Å². The minimum atomic E-state index is 0.0685. The third kappa shape index (κ3) is 3.94. The van der Waals surface area contributed by atoms with Crippen LogP contribution in [0.2, 0.25) is 0 Å². The van der Waals surface area contributed by atoms with Crippen LogP contribution < -0.4 is 5.32 Å². The van der Waals surface area contributed by atoms with Crippen LogP contribution in [0.4, 0.5) is 5.82 Å². The molecule has 1 aliphatic rings. The lowest BCUT2D eigenvalue weighted by Crippen LogP contribution is -2.51. The summed E-state index contributed by atoms with van der Waals surface area (Å²) in [5.41, 5.74) is 0.691. The molecule has 21 heavy (non-hydrogen) atoms. The maximum absolute atomic E-state index is 12.8. The molecule has 1 fully saturated rings. The Kier molecular flexibility index (Phi) is 5.56. The predicted molar refractivity (Wildman–Crippen MR) is 83.5 cm³/mol. The van der Waals surface area contributed by atoms with Gasteiger partial charge in [-0.25, -0.2) is 4.98 Å². The van der Waals surface area contributed by atoms with Crippen LogP contribution in [0.5, 0.6) is 0 Å². The lowest BCUT2D eigenvalue weighted by atomic mass is 10.1. The zero-order chi connectivity index (χ0) is 15.2. The van der Waals surface area contributed by atoms with Crippen LogP contribution in [0.3, 0.4) is 0 Å². The number of carbonyl (C=O) groups is 1. The molecule has 0 spiro atoms. The summed E-state index contributed by atoms with van der Waals surface area (Å²) in [5.74, 6) is 0.830. The standard InChI is InChI=1S/C16H25N3O2/c1-4-7-17-15-9-13(6-8-18-15)16(20)19-10-12(3)21-11-14(19)5-2/h6,8-9,12,14H,4-5,7,10-11H2,1-3H3,(H,17,18). The van der Waals surface area contributed by atoms with Crippen molar-refractivity contribution in [1.82, 2.24) is 9.88 Å². The van der Waals surface area contributed by atoms with Crippen LogP contribution in [0.15, 0.2) is 18.3 Å². The summed E-state index contributed by atoms with van der Waals surface area (Å²) in [6, 6.07) is 3.78. The molecule has 116 valence electrons. The second-order valence-electron chi connectivity index (χ2n) is 5.52. The summed E-state index contributed by atoms with van der Waals surface area (Å²) in [5, 5.41) is 3.22. The van der Waals surface area contributed by atoms with E-state index in [0.29, 0.717) is 18.7 Å². The highest BCUT2D eigenvalue weighted by Gasteiger charge is 2.30. The maximum atomic E-state index is 12.8. The van der Waals surface area contributed by atoms with Crippen molar-refractivity contribution in [2.24, 2.45) is 0 Å². The van der Waals surface area contributed by atoms with Crippen molar-refractivity contribution in [3.63, 3.8) is 0 Å². The van der Waals surface area contributed by atoms with Gasteiger partial charge in [0.15, 0.2) is 0 Å². The van der Waals surface area contributed by atoms with Gasteiger partial charge in [0, 0.05) is 24.8 Å². The van der Waals surface area contributed by atoms with Crippen LogP contribution >= 0.6 is 0 Å². The fraction of sp³-hybridized carbons (Fsp3) is 0.625. The first kappa shape index (κ1) is 15.8. The molecule has 1 aliphatic heterocycles. The van der Waals surface area contributed by atoms with Gasteiger partial charge in [0.1, 0.15) is 5.82 Å². The Hall–Kier alpha value is -1.62. The van der Waals surface area contributed by atoms with E-state index < -0.39 is 0 Å². The molecule has 2 heterocycles. The molecule has 1 aromatic heterocycles. The first-order valence-corrected chi connectivity index (χ1v) is 7.78. The van der Waals surface area contributed by atoms with Gasteiger partial charge in [0.25, 0.3) is 5.91 Å². The summed E-state index contributed by atoms with van der Waals surface area (Å²) < 4.78 is 5.66. The molecule has 1 N–H and O–H groups in total. The molecule has 2 unspecified atom stereocenters. The highest BCUT2D eigenvalue weighted by atomic mass is 16.5. The van der Waals surface area contributed by atoms with Crippen LogP contribution in [-0.4, -0.2) is 47.6 Å². The van der Waals surface area contributed by atoms with Crippen molar-refractivity contribution in [1.29, 1.82) is 0 Å². The highest BCUT2D eigenvalue weighted by molar-refractivity contribution is 5.95. The molecular formula is C16H25N3O2. The number of anilines is 1. The Morgan fingerprint density at radius 3 is 3.05 bits per heavy atom. The number of pyridine rings is 1. The van der Waals surface area contributed by atoms with Gasteiger partial charge < -0.3 is 15.0 Å². The van der Waals surface area contributed by atoms with Gasteiger partial charge in [0.2, 0.25) is 0 Å². The highest BCUT2D eigenvalue weighted by Crippen LogP contribution is 2.18. The number of hydrogen-bond acceptors (Lipinski definition) is 4. The van der Waals surface area contributed by atoms with Gasteiger partial charge in [-0.2, -0.15) is 0 Å². The molecule has 0 radical (unpaired) electrons. The topological polar surface area (TPSA) is 54.5 Å². The molecule has 0 aromatic carbocycles. The first-order chi connectivity index (χ1) is 10.2. The van der Waals surface area contributed by atoms with Gasteiger partial charge in [-0.3, -0.25) is 4.79 Å². The molecule has 1 amide bonds. The quantitative estimate of drug-likeness (QED) is 0.906. The number of amides is 1. The van der Waals surface area contributed by atoms with E-state index >= 15 is 0 Å². The predicted octanol–water partition coefficient (Wildman–Crippen LogP) is 2.54. The molecule has 2 atom stereocenters. The summed E-state index contributed by atoms with van der Waals surface area (Å²) in [7, 11) is 0. The Morgan fingerprint density at radius 2 is 2.33 bits per heavy atom. The van der Waals surface area contributed by atoms with E-state index in [2.05, 4.69) is 24.1 Å². The second kappa shape index (κ2) is 7.41. The molecule has 2 rings (SSSR count). The molecule has 1 aromatic rings. The zero-order valence-corrected chi connectivity index (χ0v) is 13.1. The van der Waals surface area contributed by atoms with Gasteiger partial charge in [-0.05, 0) is 31.9 Å². The third-order valence-corrected chi connectivity index (χ3v) is 3.76. The van der Waals surface area contributed by atoms with Crippen molar-refractivity contribution >= 4 is 11.7 Å². The molecule has 0 bridgehead atoms. The van der Waals surface area contributed by atoms with Crippen LogP contribution in [0.1, 0.15) is 44.0 Å². The third-order valence-electron chi connectivity index (χ3n) is 3.76. The van der Waals surface area contributed by atoms with Crippen LogP contribution in [0, 0.1) is 0 Å². The van der Waals surface area contributed by atoms with Crippen molar-refractivity contribution < 1.29 is 9.53 Å². The number of aromatic nitrogens is 1. The van der Waals surface area contributed by atoms with Gasteiger partial charge in [-0.15, -0.1) is 0 Å². The zero-order valence-electron chi connectivity index (χ0n) is 13.1. The van der Waals surface area contributed by atoms with E-state index in [4.69, 9.17) is 4.74 Å². The largest absolute Gasteiger partial charge is 0.375 e. The second-order valence-corrected chi connectivity index (χ2v) is 5.52. The number of ether oxygens (including phenoxy) is 1. The lowest BCUT2D eigenvalue weighted by molar-refractivity contribution is -0.0444. The number of nitrogens with one attached hydrogen (secondary N) is 1. The van der Waals surface area contributed by atoms with Gasteiger partial charge >= 0.3 is 0 Å². The Bertz CT molecular complexity index is 478. The fourth-order valence-corrected chi connectivity index (χ4v) is 2.51.